The Morgan fingerprint density at radius 3 is 2.50 bits per heavy atom. The lowest BCUT2D eigenvalue weighted by molar-refractivity contribution is -0.301. The molecule has 0 heterocycles. The summed E-state index contributed by atoms with van der Waals surface area (Å²) in [5.41, 5.74) is -1.56. The first-order valence-corrected chi connectivity index (χ1v) is 5.53. The van der Waals surface area contributed by atoms with Crippen molar-refractivity contribution >= 4 is 5.91 Å². The average molecular weight is 264 g/mol. The number of hydrogen-bond donors (Lipinski definition) is 5. The number of aliphatic hydroxyl groups is 4. The molecule has 1 amide bonds. The Morgan fingerprint density at radius 2 is 2.11 bits per heavy atom. The molecule has 1 rings (SSSR count). The van der Waals surface area contributed by atoms with Crippen LogP contribution in [0.1, 0.15) is 6.92 Å². The van der Waals surface area contributed by atoms with E-state index in [4.69, 9.17) is 4.84 Å². The molecule has 0 aliphatic heterocycles. The molecule has 0 radical (unpaired) electrons. The first-order chi connectivity index (χ1) is 8.32. The topological polar surface area (TPSA) is 122 Å². The Bertz CT molecular complexity index is 315. The minimum Gasteiger partial charge on any atom is -0.396 e. The average Bonchev–Trinajstić information content (AvgIpc) is 2.34. The van der Waals surface area contributed by atoms with Gasteiger partial charge in [-0.25, -0.2) is 0 Å². The Kier molecular flexibility index (Phi) is 4.65. The third-order valence-electron chi connectivity index (χ3n) is 3.49. The molecule has 5 N–H and O–H groups in total. The molecular weight excluding hydrogens is 244 g/mol. The van der Waals surface area contributed by atoms with Crippen molar-refractivity contribution in [1.29, 1.82) is 0 Å². The highest BCUT2D eigenvalue weighted by Gasteiger charge is 2.66. The zero-order chi connectivity index (χ0) is 14.1. The maximum absolute atomic E-state index is 11.2. The van der Waals surface area contributed by atoms with Crippen molar-refractivity contribution in [1.82, 2.24) is 10.4 Å². The minimum atomic E-state index is -1.56. The van der Waals surface area contributed by atoms with Crippen LogP contribution in [0.25, 0.3) is 0 Å². The van der Waals surface area contributed by atoms with Crippen LogP contribution < -0.4 is 5.32 Å². The fraction of sp³-hybridized carbons (Fsp3) is 0.900. The van der Waals surface area contributed by atoms with Crippen LogP contribution in [0.4, 0.5) is 0 Å². The quantitative estimate of drug-likeness (QED) is 0.265. The molecule has 1 fully saturated rings. The molecule has 1 aliphatic carbocycles. The van der Waals surface area contributed by atoms with Crippen LogP contribution in [0.3, 0.4) is 0 Å². The van der Waals surface area contributed by atoms with Crippen molar-refractivity contribution in [3.05, 3.63) is 0 Å². The predicted octanol–water partition coefficient (Wildman–Crippen LogP) is -2.98. The van der Waals surface area contributed by atoms with E-state index in [0.29, 0.717) is 0 Å². The van der Waals surface area contributed by atoms with Crippen molar-refractivity contribution < 1.29 is 30.1 Å². The molecule has 5 atom stereocenters. The molecule has 0 bridgehead atoms. The zero-order valence-electron chi connectivity index (χ0n) is 10.6. The monoisotopic (exact) mass is 264 g/mol. The number of aliphatic hydroxyl groups excluding tert-OH is 4. The summed E-state index contributed by atoms with van der Waals surface area (Å²) in [7, 11) is 2.71. The second kappa shape index (κ2) is 5.47. The van der Waals surface area contributed by atoms with E-state index in [-0.39, 0.29) is 0 Å². The maximum Gasteiger partial charge on any atom is 0.217 e. The third kappa shape index (κ3) is 2.11. The summed E-state index contributed by atoms with van der Waals surface area (Å²) < 4.78 is 0. The smallest absolute Gasteiger partial charge is 0.217 e. The van der Waals surface area contributed by atoms with Crippen LogP contribution in [-0.4, -0.2) is 76.1 Å². The number of hydrogen-bond acceptors (Lipinski definition) is 7. The fourth-order valence-corrected chi connectivity index (χ4v) is 2.43. The summed E-state index contributed by atoms with van der Waals surface area (Å²) in [6.07, 6.45) is -4.03. The maximum atomic E-state index is 11.2. The van der Waals surface area contributed by atoms with E-state index in [1.54, 1.807) is 0 Å². The van der Waals surface area contributed by atoms with Crippen LogP contribution in [0.5, 0.6) is 0 Å². The first kappa shape index (κ1) is 15.3. The summed E-state index contributed by atoms with van der Waals surface area (Å²) in [4.78, 5) is 16.0. The lowest BCUT2D eigenvalue weighted by Gasteiger charge is -2.59. The van der Waals surface area contributed by atoms with Crippen molar-refractivity contribution in [3.8, 4) is 0 Å². The van der Waals surface area contributed by atoms with Gasteiger partial charge in [-0.2, -0.15) is 5.06 Å². The van der Waals surface area contributed by atoms with Gasteiger partial charge in [0.1, 0.15) is 11.6 Å². The summed E-state index contributed by atoms with van der Waals surface area (Å²) in [5, 5.41) is 42.3. The van der Waals surface area contributed by atoms with Gasteiger partial charge in [-0.1, -0.05) is 0 Å². The fourth-order valence-electron chi connectivity index (χ4n) is 2.43. The number of nitrogens with zero attached hydrogens (tertiary/aromatic N) is 1. The largest absolute Gasteiger partial charge is 0.396 e. The standard InChI is InChI=1S/C10H20N2O6/c1-5(14)11-10(9(17)12(2)18-3)6(4-13)7(15)8(10)16/h6-9,13,15-17H,4H2,1-3H3,(H,11,14)/t6?,7-,8?,9+,10?/m1/s1. The van der Waals surface area contributed by atoms with E-state index >= 15 is 0 Å². The molecule has 0 saturated heterocycles. The Labute approximate surface area is 105 Å². The number of carbonyl (C=O) groups is 1. The van der Waals surface area contributed by atoms with E-state index < -0.39 is 42.4 Å². The van der Waals surface area contributed by atoms with Crippen LogP contribution in [0, 0.1) is 5.92 Å². The molecule has 1 aliphatic rings. The molecule has 106 valence electrons. The van der Waals surface area contributed by atoms with E-state index in [1.165, 1.54) is 21.1 Å². The molecule has 0 aromatic heterocycles. The lowest BCUT2D eigenvalue weighted by Crippen LogP contribution is -2.83. The van der Waals surface area contributed by atoms with Gasteiger partial charge >= 0.3 is 0 Å². The highest BCUT2D eigenvalue weighted by Crippen LogP contribution is 2.42. The Balaban J connectivity index is 3.06. The van der Waals surface area contributed by atoms with Crippen molar-refractivity contribution in [3.63, 3.8) is 0 Å². The number of hydroxylamine groups is 2. The Morgan fingerprint density at radius 1 is 1.56 bits per heavy atom. The molecule has 0 aromatic carbocycles. The predicted molar refractivity (Wildman–Crippen MR) is 59.9 cm³/mol. The number of amides is 1. The van der Waals surface area contributed by atoms with Gasteiger partial charge in [0, 0.05) is 19.9 Å². The summed E-state index contributed by atoms with van der Waals surface area (Å²) in [5.74, 6) is -1.38. The highest BCUT2D eigenvalue weighted by atomic mass is 16.7. The number of nitrogens with one attached hydrogen (secondary N) is 1. The molecule has 18 heavy (non-hydrogen) atoms. The molecule has 0 aromatic rings. The van der Waals surface area contributed by atoms with Crippen LogP contribution >= 0.6 is 0 Å². The number of rotatable bonds is 5. The first-order valence-electron chi connectivity index (χ1n) is 5.53. The molecule has 3 unspecified atom stereocenters. The van der Waals surface area contributed by atoms with E-state index in [0.717, 1.165) is 5.06 Å². The van der Waals surface area contributed by atoms with Gasteiger partial charge in [-0.3, -0.25) is 9.63 Å². The third-order valence-corrected chi connectivity index (χ3v) is 3.49. The SMILES string of the molecule is CON(C)[C@@H](O)C1(NC(C)=O)C(O)[C@H](O)C1CO. The molecule has 8 heteroatoms. The second-order valence-corrected chi connectivity index (χ2v) is 4.44. The minimum absolute atomic E-state index is 0.493. The van der Waals surface area contributed by atoms with Gasteiger partial charge in [-0.05, 0) is 0 Å². The van der Waals surface area contributed by atoms with E-state index in [1.807, 2.05) is 0 Å². The van der Waals surface area contributed by atoms with Gasteiger partial charge in [0.25, 0.3) is 0 Å². The van der Waals surface area contributed by atoms with Crippen molar-refractivity contribution in [2.24, 2.45) is 5.92 Å². The normalized spacial score (nSPS) is 37.2. The zero-order valence-corrected chi connectivity index (χ0v) is 10.6. The van der Waals surface area contributed by atoms with Gasteiger partial charge < -0.3 is 25.7 Å². The molecule has 1 saturated carbocycles. The number of likely N-dealkylation sites (N-methyl/N-ethyl adjacent to an activating group) is 1. The summed E-state index contributed by atoms with van der Waals surface area (Å²) >= 11 is 0. The lowest BCUT2D eigenvalue weighted by atomic mass is 9.60. The van der Waals surface area contributed by atoms with Crippen LogP contribution in [-0.2, 0) is 9.63 Å². The summed E-state index contributed by atoms with van der Waals surface area (Å²) in [6.45, 7) is 0.722. The molecule has 0 spiro atoms. The van der Waals surface area contributed by atoms with E-state index in [9.17, 15) is 25.2 Å². The van der Waals surface area contributed by atoms with Crippen LogP contribution in [0.15, 0.2) is 0 Å². The van der Waals surface area contributed by atoms with E-state index in [2.05, 4.69) is 5.32 Å². The van der Waals surface area contributed by atoms with Crippen LogP contribution in [0.2, 0.25) is 0 Å². The van der Waals surface area contributed by atoms with Gasteiger partial charge in [0.15, 0.2) is 6.23 Å². The highest BCUT2D eigenvalue weighted by molar-refractivity contribution is 5.74. The molecular formula is C10H20N2O6. The van der Waals surface area contributed by atoms with Gasteiger partial charge in [-0.15, -0.1) is 0 Å². The van der Waals surface area contributed by atoms with Crippen molar-refractivity contribution in [2.75, 3.05) is 20.8 Å². The van der Waals surface area contributed by atoms with Gasteiger partial charge in [0.2, 0.25) is 5.91 Å². The number of carbonyl (C=O) groups excluding carboxylic acids is 1. The van der Waals surface area contributed by atoms with Crippen molar-refractivity contribution in [2.45, 2.75) is 30.9 Å². The molecule has 8 nitrogen and oxygen atoms in total. The summed E-state index contributed by atoms with van der Waals surface area (Å²) in [6, 6.07) is 0. The van der Waals surface area contributed by atoms with Gasteiger partial charge in [0.05, 0.1) is 19.8 Å². The Hall–Kier alpha value is -0.770. The second-order valence-electron chi connectivity index (χ2n) is 4.44.